The average molecular weight is 334 g/mol. The summed E-state index contributed by atoms with van der Waals surface area (Å²) >= 11 is 1.70. The first-order valence-electron chi connectivity index (χ1n) is 8.19. The SMILES string of the molecule is O=C(NCC[C@@H](CCO)c1cccs1)c1noc2c1CCCC2. The number of aryl methyl sites for hydroxylation is 1. The van der Waals surface area contributed by atoms with Crippen LogP contribution in [-0.2, 0) is 12.8 Å². The Bertz CT molecular complexity index is 636. The lowest BCUT2D eigenvalue weighted by atomic mass is 9.96. The van der Waals surface area contributed by atoms with Gasteiger partial charge in [-0.05, 0) is 49.5 Å². The molecule has 2 N–H and O–H groups in total. The maximum absolute atomic E-state index is 12.3. The van der Waals surface area contributed by atoms with E-state index in [9.17, 15) is 9.90 Å². The van der Waals surface area contributed by atoms with E-state index in [1.54, 1.807) is 11.3 Å². The van der Waals surface area contributed by atoms with Gasteiger partial charge < -0.3 is 14.9 Å². The van der Waals surface area contributed by atoms with Gasteiger partial charge in [-0.15, -0.1) is 11.3 Å². The summed E-state index contributed by atoms with van der Waals surface area (Å²) in [5.74, 6) is 1.01. The summed E-state index contributed by atoms with van der Waals surface area (Å²) in [6, 6.07) is 4.10. The molecule has 124 valence electrons. The number of amides is 1. The topological polar surface area (TPSA) is 75.4 Å². The normalized spacial score (nSPS) is 15.2. The molecule has 0 unspecified atom stereocenters. The highest BCUT2D eigenvalue weighted by Crippen LogP contribution is 2.27. The second kappa shape index (κ2) is 7.75. The van der Waals surface area contributed by atoms with Gasteiger partial charge in [0.25, 0.3) is 5.91 Å². The van der Waals surface area contributed by atoms with E-state index in [2.05, 4.69) is 16.5 Å². The van der Waals surface area contributed by atoms with E-state index in [0.29, 0.717) is 12.2 Å². The lowest BCUT2D eigenvalue weighted by Gasteiger charge is -2.14. The highest BCUT2D eigenvalue weighted by atomic mass is 32.1. The Morgan fingerprint density at radius 3 is 3.04 bits per heavy atom. The van der Waals surface area contributed by atoms with Crippen molar-refractivity contribution in [2.24, 2.45) is 0 Å². The summed E-state index contributed by atoms with van der Waals surface area (Å²) in [6.45, 7) is 0.732. The minimum Gasteiger partial charge on any atom is -0.396 e. The second-order valence-corrected chi connectivity index (χ2v) is 6.89. The van der Waals surface area contributed by atoms with Crippen molar-refractivity contribution in [1.82, 2.24) is 10.5 Å². The third-order valence-electron chi connectivity index (χ3n) is 4.37. The van der Waals surface area contributed by atoms with Gasteiger partial charge >= 0.3 is 0 Å². The lowest BCUT2D eigenvalue weighted by molar-refractivity contribution is 0.0942. The number of carbonyl (C=O) groups excluding carboxylic acids is 1. The van der Waals surface area contributed by atoms with Crippen molar-refractivity contribution in [3.8, 4) is 0 Å². The third kappa shape index (κ3) is 3.82. The van der Waals surface area contributed by atoms with Crippen LogP contribution in [0.5, 0.6) is 0 Å². The number of aliphatic hydroxyl groups excluding tert-OH is 1. The molecular formula is C17H22N2O3S. The van der Waals surface area contributed by atoms with Crippen LogP contribution in [0, 0.1) is 0 Å². The van der Waals surface area contributed by atoms with E-state index < -0.39 is 0 Å². The van der Waals surface area contributed by atoms with Crippen LogP contribution in [0.4, 0.5) is 0 Å². The third-order valence-corrected chi connectivity index (χ3v) is 5.40. The molecule has 1 atom stereocenters. The van der Waals surface area contributed by atoms with Crippen LogP contribution in [0.25, 0.3) is 0 Å². The predicted octanol–water partition coefficient (Wildman–Crippen LogP) is 2.90. The minimum absolute atomic E-state index is 0.147. The Morgan fingerprint density at radius 1 is 1.39 bits per heavy atom. The Labute approximate surface area is 139 Å². The maximum atomic E-state index is 12.3. The van der Waals surface area contributed by atoms with Crippen molar-refractivity contribution in [3.05, 3.63) is 39.4 Å². The molecule has 23 heavy (non-hydrogen) atoms. The fourth-order valence-electron chi connectivity index (χ4n) is 3.12. The summed E-state index contributed by atoms with van der Waals surface area (Å²) < 4.78 is 5.29. The second-order valence-electron chi connectivity index (χ2n) is 5.91. The van der Waals surface area contributed by atoms with Crippen LogP contribution in [0.1, 0.15) is 58.3 Å². The molecule has 1 aliphatic rings. The highest BCUT2D eigenvalue weighted by molar-refractivity contribution is 7.10. The molecule has 0 aromatic carbocycles. The first kappa shape index (κ1) is 16.2. The Balaban J connectivity index is 1.55. The predicted molar refractivity (Wildman–Crippen MR) is 88.9 cm³/mol. The molecule has 0 saturated heterocycles. The number of fused-ring (bicyclic) bond motifs is 1. The zero-order chi connectivity index (χ0) is 16.1. The van der Waals surface area contributed by atoms with Gasteiger partial charge in [0.1, 0.15) is 5.76 Å². The Morgan fingerprint density at radius 2 is 2.26 bits per heavy atom. The molecule has 0 fully saturated rings. The number of aliphatic hydroxyl groups is 1. The van der Waals surface area contributed by atoms with Gasteiger partial charge in [-0.3, -0.25) is 4.79 Å². The van der Waals surface area contributed by atoms with E-state index in [-0.39, 0.29) is 18.4 Å². The molecule has 0 bridgehead atoms. The van der Waals surface area contributed by atoms with Gasteiger partial charge in [0, 0.05) is 30.0 Å². The van der Waals surface area contributed by atoms with E-state index in [1.165, 1.54) is 4.88 Å². The van der Waals surface area contributed by atoms with Crippen LogP contribution in [0.15, 0.2) is 22.0 Å². The quantitative estimate of drug-likeness (QED) is 0.816. The zero-order valence-corrected chi connectivity index (χ0v) is 13.9. The van der Waals surface area contributed by atoms with Crippen molar-refractivity contribution in [1.29, 1.82) is 0 Å². The van der Waals surface area contributed by atoms with Crippen LogP contribution in [0.3, 0.4) is 0 Å². The summed E-state index contributed by atoms with van der Waals surface area (Å²) in [6.07, 6.45) is 5.48. The first-order valence-corrected chi connectivity index (χ1v) is 9.07. The van der Waals surface area contributed by atoms with Crippen molar-refractivity contribution in [3.63, 3.8) is 0 Å². The molecule has 0 aliphatic heterocycles. The average Bonchev–Trinajstić information content (AvgIpc) is 3.23. The molecule has 1 aliphatic carbocycles. The summed E-state index contributed by atoms with van der Waals surface area (Å²) in [4.78, 5) is 13.6. The fraction of sp³-hybridized carbons (Fsp3) is 0.529. The molecule has 6 heteroatoms. The van der Waals surface area contributed by atoms with Crippen molar-refractivity contribution < 1.29 is 14.4 Å². The number of nitrogens with one attached hydrogen (secondary N) is 1. The van der Waals surface area contributed by atoms with E-state index in [1.807, 2.05) is 11.4 Å². The number of rotatable bonds is 7. The molecule has 0 radical (unpaired) electrons. The molecule has 1 amide bonds. The van der Waals surface area contributed by atoms with Gasteiger partial charge in [-0.25, -0.2) is 0 Å². The van der Waals surface area contributed by atoms with Gasteiger partial charge in [-0.1, -0.05) is 11.2 Å². The Kier molecular flexibility index (Phi) is 5.46. The molecule has 0 spiro atoms. The number of aromatic nitrogens is 1. The monoisotopic (exact) mass is 334 g/mol. The number of carbonyl (C=O) groups is 1. The number of hydrogen-bond acceptors (Lipinski definition) is 5. The van der Waals surface area contributed by atoms with Gasteiger partial charge in [0.2, 0.25) is 0 Å². The summed E-state index contributed by atoms with van der Waals surface area (Å²) in [5.41, 5.74) is 1.44. The van der Waals surface area contributed by atoms with Gasteiger partial charge in [-0.2, -0.15) is 0 Å². The van der Waals surface area contributed by atoms with Crippen molar-refractivity contribution in [2.75, 3.05) is 13.2 Å². The van der Waals surface area contributed by atoms with Crippen molar-refractivity contribution >= 4 is 17.2 Å². The number of thiophene rings is 1. The lowest BCUT2D eigenvalue weighted by Crippen LogP contribution is -2.27. The van der Waals surface area contributed by atoms with E-state index in [0.717, 1.165) is 49.8 Å². The summed E-state index contributed by atoms with van der Waals surface area (Å²) in [5, 5.41) is 18.2. The zero-order valence-electron chi connectivity index (χ0n) is 13.1. The van der Waals surface area contributed by atoms with E-state index in [4.69, 9.17) is 4.52 Å². The van der Waals surface area contributed by atoms with Crippen LogP contribution in [0.2, 0.25) is 0 Å². The van der Waals surface area contributed by atoms with Crippen LogP contribution in [-0.4, -0.2) is 29.3 Å². The van der Waals surface area contributed by atoms with Gasteiger partial charge in [0.05, 0.1) is 0 Å². The summed E-state index contributed by atoms with van der Waals surface area (Å²) in [7, 11) is 0. The van der Waals surface area contributed by atoms with Crippen molar-refractivity contribution in [2.45, 2.75) is 44.4 Å². The number of hydrogen-bond donors (Lipinski definition) is 2. The number of nitrogens with zero attached hydrogens (tertiary/aromatic N) is 1. The van der Waals surface area contributed by atoms with Crippen LogP contribution < -0.4 is 5.32 Å². The fourth-order valence-corrected chi connectivity index (χ4v) is 4.01. The largest absolute Gasteiger partial charge is 0.396 e. The smallest absolute Gasteiger partial charge is 0.273 e. The standard InChI is InChI=1S/C17H22N2O3S/c20-10-8-12(15-6-3-11-23-15)7-9-18-17(21)16-13-4-1-2-5-14(13)22-19-16/h3,6,11-12,20H,1-2,4-5,7-10H2,(H,18,21)/t12-/m0/s1. The van der Waals surface area contributed by atoms with E-state index >= 15 is 0 Å². The molecule has 5 nitrogen and oxygen atoms in total. The molecule has 2 aromatic heterocycles. The molecule has 2 aromatic rings. The Hall–Kier alpha value is -1.66. The maximum Gasteiger partial charge on any atom is 0.273 e. The molecule has 2 heterocycles. The minimum atomic E-state index is -0.147. The molecule has 0 saturated carbocycles. The highest BCUT2D eigenvalue weighted by Gasteiger charge is 2.24. The first-order chi connectivity index (χ1) is 11.3. The molecule has 3 rings (SSSR count). The van der Waals surface area contributed by atoms with Gasteiger partial charge in [0.15, 0.2) is 5.69 Å². The molecular weight excluding hydrogens is 312 g/mol. The van der Waals surface area contributed by atoms with Crippen LogP contribution >= 0.6 is 11.3 Å².